The van der Waals surface area contributed by atoms with Crippen molar-refractivity contribution in [1.29, 1.82) is 0 Å². The van der Waals surface area contributed by atoms with Gasteiger partial charge in [0.15, 0.2) is 0 Å². The minimum absolute atomic E-state index is 0.138. The molecule has 1 aromatic rings. The Kier molecular flexibility index (Phi) is 4.99. The lowest BCUT2D eigenvalue weighted by molar-refractivity contribution is 0.553. The second-order valence-electron chi connectivity index (χ2n) is 3.30. The van der Waals surface area contributed by atoms with Crippen LogP contribution < -0.4 is 5.32 Å². The van der Waals surface area contributed by atoms with E-state index in [-0.39, 0.29) is 11.9 Å². The molecule has 0 saturated heterocycles. The highest BCUT2D eigenvalue weighted by Crippen LogP contribution is 2.26. The minimum Gasteiger partial charge on any atom is -0.307 e. The summed E-state index contributed by atoms with van der Waals surface area (Å²) in [6.07, 6.45) is 2.73. The summed E-state index contributed by atoms with van der Waals surface area (Å²) in [6.45, 7) is 6.64. The Balaban J connectivity index is 2.95. The molecular weight excluding hydrogens is 257 g/mol. The molecule has 1 aromatic carbocycles. The van der Waals surface area contributed by atoms with Gasteiger partial charge in [-0.05, 0) is 25.1 Å². The lowest BCUT2D eigenvalue weighted by Crippen LogP contribution is -2.21. The van der Waals surface area contributed by atoms with Crippen LogP contribution in [0.4, 0.5) is 4.39 Å². The topological polar surface area (TPSA) is 12.0 Å². The Bertz CT molecular complexity index is 318. The van der Waals surface area contributed by atoms with Gasteiger partial charge in [-0.1, -0.05) is 35.0 Å². The maximum atomic E-state index is 13.6. The summed E-state index contributed by atoms with van der Waals surface area (Å²) in [5.74, 6) is -0.210. The average molecular weight is 272 g/mol. The predicted molar refractivity (Wildman–Crippen MR) is 65.3 cm³/mol. The Hall–Kier alpha value is -0.670. The molecule has 0 aliphatic rings. The van der Waals surface area contributed by atoms with Crippen molar-refractivity contribution in [2.24, 2.45) is 0 Å². The lowest BCUT2D eigenvalue weighted by Gasteiger charge is -2.16. The summed E-state index contributed by atoms with van der Waals surface area (Å²) in [4.78, 5) is 0. The van der Waals surface area contributed by atoms with Crippen molar-refractivity contribution in [2.45, 2.75) is 19.4 Å². The molecule has 3 heteroatoms. The molecule has 1 N–H and O–H groups in total. The first-order valence-corrected chi connectivity index (χ1v) is 5.79. The van der Waals surface area contributed by atoms with E-state index in [9.17, 15) is 4.39 Å². The molecule has 0 fully saturated rings. The van der Waals surface area contributed by atoms with E-state index >= 15 is 0 Å². The zero-order chi connectivity index (χ0) is 11.3. The summed E-state index contributed by atoms with van der Waals surface area (Å²) in [5.41, 5.74) is 0.626. The van der Waals surface area contributed by atoms with Crippen molar-refractivity contribution in [3.63, 3.8) is 0 Å². The SMILES string of the molecule is C=CC(NCCC)c1c(F)cccc1Br. The van der Waals surface area contributed by atoms with Crippen LogP contribution in [-0.2, 0) is 0 Å². The van der Waals surface area contributed by atoms with Crippen LogP contribution in [0.3, 0.4) is 0 Å². The molecule has 0 aromatic heterocycles. The van der Waals surface area contributed by atoms with Crippen molar-refractivity contribution in [3.05, 3.63) is 46.7 Å². The first kappa shape index (κ1) is 12.4. The number of halogens is 2. The number of rotatable bonds is 5. The minimum atomic E-state index is -0.210. The van der Waals surface area contributed by atoms with Gasteiger partial charge in [-0.2, -0.15) is 0 Å². The normalized spacial score (nSPS) is 12.5. The first-order chi connectivity index (χ1) is 7.20. The van der Waals surface area contributed by atoms with E-state index in [1.54, 1.807) is 12.1 Å². The Morgan fingerprint density at radius 3 is 2.87 bits per heavy atom. The Morgan fingerprint density at radius 1 is 1.60 bits per heavy atom. The largest absolute Gasteiger partial charge is 0.307 e. The summed E-state index contributed by atoms with van der Waals surface area (Å²) < 4.78 is 14.4. The van der Waals surface area contributed by atoms with Crippen LogP contribution >= 0.6 is 15.9 Å². The van der Waals surface area contributed by atoms with E-state index in [0.29, 0.717) is 5.56 Å². The molecule has 15 heavy (non-hydrogen) atoms. The molecule has 0 saturated carbocycles. The van der Waals surface area contributed by atoms with Crippen LogP contribution in [0.25, 0.3) is 0 Å². The van der Waals surface area contributed by atoms with Crippen LogP contribution in [0, 0.1) is 5.82 Å². The van der Waals surface area contributed by atoms with Crippen molar-refractivity contribution in [3.8, 4) is 0 Å². The molecule has 82 valence electrons. The van der Waals surface area contributed by atoms with Crippen molar-refractivity contribution in [2.75, 3.05) is 6.54 Å². The Morgan fingerprint density at radius 2 is 2.33 bits per heavy atom. The van der Waals surface area contributed by atoms with E-state index in [0.717, 1.165) is 17.4 Å². The number of benzene rings is 1. The molecule has 1 unspecified atom stereocenters. The van der Waals surface area contributed by atoms with Gasteiger partial charge in [0, 0.05) is 10.0 Å². The van der Waals surface area contributed by atoms with Crippen LogP contribution in [0.1, 0.15) is 24.9 Å². The van der Waals surface area contributed by atoms with Gasteiger partial charge in [-0.3, -0.25) is 0 Å². The van der Waals surface area contributed by atoms with Gasteiger partial charge >= 0.3 is 0 Å². The quantitative estimate of drug-likeness (QED) is 0.803. The predicted octanol–water partition coefficient (Wildman–Crippen LogP) is 3.81. The zero-order valence-corrected chi connectivity index (χ0v) is 10.3. The highest BCUT2D eigenvalue weighted by atomic mass is 79.9. The van der Waals surface area contributed by atoms with E-state index in [1.807, 2.05) is 6.07 Å². The highest BCUT2D eigenvalue weighted by molar-refractivity contribution is 9.10. The van der Waals surface area contributed by atoms with Crippen LogP contribution in [0.2, 0.25) is 0 Å². The molecular formula is C12H15BrFN. The smallest absolute Gasteiger partial charge is 0.129 e. The fourth-order valence-corrected chi connectivity index (χ4v) is 2.00. The molecule has 1 nitrogen and oxygen atoms in total. The van der Waals surface area contributed by atoms with Crippen molar-refractivity contribution in [1.82, 2.24) is 5.32 Å². The van der Waals surface area contributed by atoms with Crippen LogP contribution in [-0.4, -0.2) is 6.54 Å². The van der Waals surface area contributed by atoms with E-state index in [4.69, 9.17) is 0 Å². The number of nitrogens with one attached hydrogen (secondary N) is 1. The standard InChI is InChI=1S/C12H15BrFN/c1-3-8-15-11(4-2)12-9(13)6-5-7-10(12)14/h4-7,11,15H,2-3,8H2,1H3. The van der Waals surface area contributed by atoms with Crippen molar-refractivity contribution >= 4 is 15.9 Å². The monoisotopic (exact) mass is 271 g/mol. The molecule has 0 amide bonds. The maximum Gasteiger partial charge on any atom is 0.129 e. The number of hydrogen-bond donors (Lipinski definition) is 1. The van der Waals surface area contributed by atoms with Gasteiger partial charge in [0.2, 0.25) is 0 Å². The molecule has 0 bridgehead atoms. The van der Waals surface area contributed by atoms with Gasteiger partial charge in [-0.25, -0.2) is 4.39 Å². The molecule has 0 spiro atoms. The summed E-state index contributed by atoms with van der Waals surface area (Å²) >= 11 is 3.35. The highest BCUT2D eigenvalue weighted by Gasteiger charge is 2.14. The van der Waals surface area contributed by atoms with Crippen LogP contribution in [0.5, 0.6) is 0 Å². The zero-order valence-electron chi connectivity index (χ0n) is 8.76. The molecule has 0 radical (unpaired) electrons. The summed E-state index contributed by atoms with van der Waals surface area (Å²) in [6, 6.07) is 4.84. The second kappa shape index (κ2) is 6.03. The fraction of sp³-hybridized carbons (Fsp3) is 0.333. The molecule has 0 heterocycles. The third-order valence-electron chi connectivity index (χ3n) is 2.16. The third kappa shape index (κ3) is 3.14. The summed E-state index contributed by atoms with van der Waals surface area (Å²) in [5, 5.41) is 3.23. The average Bonchev–Trinajstić information content (AvgIpc) is 2.22. The van der Waals surface area contributed by atoms with Crippen molar-refractivity contribution < 1.29 is 4.39 Å². The van der Waals surface area contributed by atoms with Gasteiger partial charge in [0.05, 0.1) is 6.04 Å². The maximum absolute atomic E-state index is 13.6. The molecule has 1 atom stereocenters. The van der Waals surface area contributed by atoms with E-state index in [2.05, 4.69) is 34.7 Å². The molecule has 0 aliphatic carbocycles. The number of hydrogen-bond acceptors (Lipinski definition) is 1. The fourth-order valence-electron chi connectivity index (χ4n) is 1.41. The second-order valence-corrected chi connectivity index (χ2v) is 4.16. The molecule has 1 rings (SSSR count). The van der Waals surface area contributed by atoms with E-state index in [1.165, 1.54) is 6.07 Å². The van der Waals surface area contributed by atoms with Gasteiger partial charge in [0.1, 0.15) is 5.82 Å². The lowest BCUT2D eigenvalue weighted by atomic mass is 10.1. The molecule has 0 aliphatic heterocycles. The van der Waals surface area contributed by atoms with Gasteiger partial charge in [-0.15, -0.1) is 6.58 Å². The first-order valence-electron chi connectivity index (χ1n) is 5.00. The van der Waals surface area contributed by atoms with Gasteiger partial charge < -0.3 is 5.32 Å². The van der Waals surface area contributed by atoms with E-state index < -0.39 is 0 Å². The Labute approximate surface area is 98.5 Å². The van der Waals surface area contributed by atoms with Gasteiger partial charge in [0.25, 0.3) is 0 Å². The third-order valence-corrected chi connectivity index (χ3v) is 2.85. The summed E-state index contributed by atoms with van der Waals surface area (Å²) in [7, 11) is 0. The van der Waals surface area contributed by atoms with Crippen LogP contribution in [0.15, 0.2) is 35.3 Å².